The van der Waals surface area contributed by atoms with Crippen LogP contribution in [0, 0.1) is 6.92 Å². The molecule has 0 saturated heterocycles. The lowest BCUT2D eigenvalue weighted by Gasteiger charge is -2.18. The minimum absolute atomic E-state index is 0.289. The minimum Gasteiger partial charge on any atom is -0.486 e. The van der Waals surface area contributed by atoms with Gasteiger partial charge >= 0.3 is 0 Å². The number of ether oxygens (including phenoxy) is 2. The van der Waals surface area contributed by atoms with Gasteiger partial charge in [0.2, 0.25) is 5.95 Å². The SMILES string of the molecule is Cc1cc(NCCc2ccc3c(c2)OCCO3)nc(N)n1. The largest absolute Gasteiger partial charge is 0.486 e. The molecule has 3 rings (SSSR count). The van der Waals surface area contributed by atoms with Crippen molar-refractivity contribution < 1.29 is 9.47 Å². The molecule has 0 spiro atoms. The third-order valence-corrected chi connectivity index (χ3v) is 3.20. The molecule has 1 aliphatic heterocycles. The molecule has 0 unspecified atom stereocenters. The molecule has 1 aromatic carbocycles. The molecular formula is C15H18N4O2. The second-order valence-electron chi connectivity index (χ2n) is 4.91. The molecule has 2 aromatic rings. The van der Waals surface area contributed by atoms with Gasteiger partial charge in [-0.2, -0.15) is 4.98 Å². The molecule has 0 bridgehead atoms. The van der Waals surface area contributed by atoms with E-state index in [1.54, 1.807) is 0 Å². The number of anilines is 2. The Morgan fingerprint density at radius 3 is 2.76 bits per heavy atom. The Labute approximate surface area is 123 Å². The van der Waals surface area contributed by atoms with E-state index < -0.39 is 0 Å². The Balaban J connectivity index is 1.60. The van der Waals surface area contributed by atoms with E-state index in [0.29, 0.717) is 13.2 Å². The summed E-state index contributed by atoms with van der Waals surface area (Å²) in [5.74, 6) is 2.67. The molecule has 0 atom stereocenters. The first-order valence-electron chi connectivity index (χ1n) is 6.94. The highest BCUT2D eigenvalue weighted by atomic mass is 16.6. The Kier molecular flexibility index (Phi) is 3.77. The monoisotopic (exact) mass is 286 g/mol. The van der Waals surface area contributed by atoms with Crippen molar-refractivity contribution in [3.8, 4) is 11.5 Å². The van der Waals surface area contributed by atoms with E-state index in [9.17, 15) is 0 Å². The molecule has 21 heavy (non-hydrogen) atoms. The zero-order valence-electron chi connectivity index (χ0n) is 11.9. The Bertz CT molecular complexity index is 625. The van der Waals surface area contributed by atoms with Gasteiger partial charge in [0.15, 0.2) is 11.5 Å². The zero-order valence-corrected chi connectivity index (χ0v) is 11.9. The summed E-state index contributed by atoms with van der Waals surface area (Å²) in [6.45, 7) is 3.87. The van der Waals surface area contributed by atoms with Crippen LogP contribution >= 0.6 is 0 Å². The van der Waals surface area contributed by atoms with Gasteiger partial charge in [-0.15, -0.1) is 0 Å². The number of nitrogens with two attached hydrogens (primary N) is 1. The molecule has 0 saturated carbocycles. The number of benzene rings is 1. The number of nitrogens with one attached hydrogen (secondary N) is 1. The number of aryl methyl sites for hydroxylation is 1. The topological polar surface area (TPSA) is 82.3 Å². The van der Waals surface area contributed by atoms with Crippen molar-refractivity contribution in [1.82, 2.24) is 9.97 Å². The van der Waals surface area contributed by atoms with Gasteiger partial charge in [-0.25, -0.2) is 4.98 Å². The lowest BCUT2D eigenvalue weighted by atomic mass is 10.1. The summed E-state index contributed by atoms with van der Waals surface area (Å²) in [4.78, 5) is 8.19. The first-order chi connectivity index (χ1) is 10.2. The van der Waals surface area contributed by atoms with Gasteiger partial charge in [-0.3, -0.25) is 0 Å². The highest BCUT2D eigenvalue weighted by Crippen LogP contribution is 2.30. The normalized spacial score (nSPS) is 13.0. The quantitative estimate of drug-likeness (QED) is 0.891. The Morgan fingerprint density at radius 2 is 1.95 bits per heavy atom. The fraction of sp³-hybridized carbons (Fsp3) is 0.333. The van der Waals surface area contributed by atoms with Crippen molar-refractivity contribution in [3.05, 3.63) is 35.5 Å². The summed E-state index contributed by atoms with van der Waals surface area (Å²) < 4.78 is 11.1. The van der Waals surface area contributed by atoms with Crippen LogP contribution in [-0.4, -0.2) is 29.7 Å². The maximum Gasteiger partial charge on any atom is 0.222 e. The van der Waals surface area contributed by atoms with Crippen molar-refractivity contribution >= 4 is 11.8 Å². The van der Waals surface area contributed by atoms with Crippen LogP contribution in [0.1, 0.15) is 11.3 Å². The lowest BCUT2D eigenvalue weighted by molar-refractivity contribution is 0.171. The summed E-state index contributed by atoms with van der Waals surface area (Å²) in [7, 11) is 0. The number of fused-ring (bicyclic) bond motifs is 1. The van der Waals surface area contributed by atoms with E-state index in [2.05, 4.69) is 21.4 Å². The van der Waals surface area contributed by atoms with Crippen LogP contribution < -0.4 is 20.5 Å². The third kappa shape index (κ3) is 3.34. The molecule has 6 heteroatoms. The number of rotatable bonds is 4. The molecule has 0 radical (unpaired) electrons. The molecule has 0 fully saturated rings. The second-order valence-corrected chi connectivity index (χ2v) is 4.91. The predicted molar refractivity (Wildman–Crippen MR) is 80.8 cm³/mol. The van der Waals surface area contributed by atoms with E-state index in [0.717, 1.165) is 36.0 Å². The molecule has 2 heterocycles. The molecule has 110 valence electrons. The van der Waals surface area contributed by atoms with Crippen molar-refractivity contribution in [2.75, 3.05) is 30.8 Å². The summed E-state index contributed by atoms with van der Waals surface area (Å²) in [5.41, 5.74) is 7.66. The molecule has 0 aliphatic carbocycles. The first kappa shape index (κ1) is 13.5. The van der Waals surface area contributed by atoms with Gasteiger partial charge in [-0.1, -0.05) is 6.07 Å². The average Bonchev–Trinajstić information content (AvgIpc) is 2.46. The number of aromatic nitrogens is 2. The lowest BCUT2D eigenvalue weighted by Crippen LogP contribution is -2.15. The van der Waals surface area contributed by atoms with Crippen molar-refractivity contribution in [3.63, 3.8) is 0 Å². The standard InChI is InChI=1S/C15H18N4O2/c1-10-8-14(19-15(16)18-10)17-5-4-11-2-3-12-13(9-11)21-7-6-20-12/h2-3,8-9H,4-7H2,1H3,(H3,16,17,18,19). The van der Waals surface area contributed by atoms with Crippen molar-refractivity contribution in [1.29, 1.82) is 0 Å². The van der Waals surface area contributed by atoms with Crippen LogP contribution in [0.25, 0.3) is 0 Å². The Morgan fingerprint density at radius 1 is 1.14 bits per heavy atom. The third-order valence-electron chi connectivity index (χ3n) is 3.20. The predicted octanol–water partition coefficient (Wildman–Crippen LogP) is 1.79. The fourth-order valence-corrected chi connectivity index (χ4v) is 2.26. The van der Waals surface area contributed by atoms with Gasteiger partial charge < -0.3 is 20.5 Å². The van der Waals surface area contributed by atoms with Crippen LogP contribution in [0.3, 0.4) is 0 Å². The number of hydrogen-bond acceptors (Lipinski definition) is 6. The minimum atomic E-state index is 0.289. The van der Waals surface area contributed by atoms with E-state index >= 15 is 0 Å². The van der Waals surface area contributed by atoms with E-state index in [1.165, 1.54) is 5.56 Å². The highest BCUT2D eigenvalue weighted by molar-refractivity contribution is 5.44. The van der Waals surface area contributed by atoms with Gasteiger partial charge in [0.25, 0.3) is 0 Å². The van der Waals surface area contributed by atoms with Crippen LogP contribution in [-0.2, 0) is 6.42 Å². The number of hydrogen-bond donors (Lipinski definition) is 2. The van der Waals surface area contributed by atoms with E-state index in [1.807, 2.05) is 25.1 Å². The zero-order chi connectivity index (χ0) is 14.7. The summed E-state index contributed by atoms with van der Waals surface area (Å²) in [5, 5.41) is 3.25. The maximum absolute atomic E-state index is 5.63. The molecule has 3 N–H and O–H groups in total. The molecule has 1 aliphatic rings. The van der Waals surface area contributed by atoms with Gasteiger partial charge in [0.1, 0.15) is 19.0 Å². The summed E-state index contributed by atoms with van der Waals surface area (Å²) >= 11 is 0. The van der Waals surface area contributed by atoms with Crippen LogP contribution in [0.5, 0.6) is 11.5 Å². The molecule has 1 aromatic heterocycles. The van der Waals surface area contributed by atoms with Gasteiger partial charge in [-0.05, 0) is 31.0 Å². The van der Waals surface area contributed by atoms with Crippen molar-refractivity contribution in [2.24, 2.45) is 0 Å². The highest BCUT2D eigenvalue weighted by Gasteiger charge is 2.11. The summed E-state index contributed by atoms with van der Waals surface area (Å²) in [6, 6.07) is 7.90. The Hall–Kier alpha value is -2.50. The number of nitrogens with zero attached hydrogens (tertiary/aromatic N) is 2. The fourth-order valence-electron chi connectivity index (χ4n) is 2.26. The molecule has 6 nitrogen and oxygen atoms in total. The molecular weight excluding hydrogens is 268 g/mol. The summed E-state index contributed by atoms with van der Waals surface area (Å²) in [6.07, 6.45) is 0.861. The van der Waals surface area contributed by atoms with Gasteiger partial charge in [0, 0.05) is 18.3 Å². The van der Waals surface area contributed by atoms with Crippen LogP contribution in [0.2, 0.25) is 0 Å². The number of nitrogen functional groups attached to an aromatic ring is 1. The van der Waals surface area contributed by atoms with Crippen molar-refractivity contribution in [2.45, 2.75) is 13.3 Å². The van der Waals surface area contributed by atoms with E-state index in [4.69, 9.17) is 15.2 Å². The van der Waals surface area contributed by atoms with Crippen LogP contribution in [0.15, 0.2) is 24.3 Å². The first-order valence-corrected chi connectivity index (χ1v) is 6.94. The van der Waals surface area contributed by atoms with E-state index in [-0.39, 0.29) is 5.95 Å². The molecule has 0 amide bonds. The smallest absolute Gasteiger partial charge is 0.222 e. The average molecular weight is 286 g/mol. The van der Waals surface area contributed by atoms with Crippen LogP contribution in [0.4, 0.5) is 11.8 Å². The second kappa shape index (κ2) is 5.87. The van der Waals surface area contributed by atoms with Gasteiger partial charge in [0.05, 0.1) is 0 Å². The maximum atomic E-state index is 5.63.